The van der Waals surface area contributed by atoms with Crippen LogP contribution in [0.2, 0.25) is 0 Å². The van der Waals surface area contributed by atoms with Crippen LogP contribution in [0.25, 0.3) is 0 Å². The van der Waals surface area contributed by atoms with Crippen molar-refractivity contribution in [2.75, 3.05) is 18.5 Å². The van der Waals surface area contributed by atoms with Gasteiger partial charge in [-0.25, -0.2) is 14.6 Å². The number of nitrogens with zero attached hydrogens (tertiary/aromatic N) is 1. The van der Waals surface area contributed by atoms with E-state index in [0.717, 1.165) is 18.4 Å². The summed E-state index contributed by atoms with van der Waals surface area (Å²) in [5, 5.41) is 4.94. The van der Waals surface area contributed by atoms with Gasteiger partial charge < -0.3 is 14.8 Å². The summed E-state index contributed by atoms with van der Waals surface area (Å²) >= 11 is 1.27. The second kappa shape index (κ2) is 8.09. The third-order valence-corrected chi connectivity index (χ3v) is 4.69. The number of ether oxygens (including phenoxy) is 2. The summed E-state index contributed by atoms with van der Waals surface area (Å²) in [6, 6.07) is 4.83. The lowest BCUT2D eigenvalue weighted by Crippen LogP contribution is -2.22. The average Bonchev–Trinajstić information content (AvgIpc) is 3.41. The van der Waals surface area contributed by atoms with Crippen LogP contribution in [-0.4, -0.2) is 36.0 Å². The fraction of sp³-hybridized carbons (Fsp3) is 0.333. The first-order valence-electron chi connectivity index (χ1n) is 8.26. The van der Waals surface area contributed by atoms with Crippen molar-refractivity contribution in [1.82, 2.24) is 4.98 Å². The Morgan fingerprint density at radius 1 is 1.23 bits per heavy atom. The molecule has 7 nitrogen and oxygen atoms in total. The molecule has 0 radical (unpaired) electrons. The predicted octanol–water partition coefficient (Wildman–Crippen LogP) is 2.99. The fourth-order valence-electron chi connectivity index (χ4n) is 2.42. The van der Waals surface area contributed by atoms with E-state index in [0.29, 0.717) is 16.5 Å². The second-order valence-electron chi connectivity index (χ2n) is 5.73. The van der Waals surface area contributed by atoms with Crippen LogP contribution < -0.4 is 5.32 Å². The van der Waals surface area contributed by atoms with Gasteiger partial charge in [-0.15, -0.1) is 11.3 Å². The molecule has 2 aromatic heterocycles. The summed E-state index contributed by atoms with van der Waals surface area (Å²) in [5.74, 6) is -1.31. The van der Waals surface area contributed by atoms with E-state index in [1.54, 1.807) is 19.1 Å². The number of hydrogen-bond acceptors (Lipinski definition) is 7. The minimum absolute atomic E-state index is 0.125. The Morgan fingerprint density at radius 2 is 2.04 bits per heavy atom. The summed E-state index contributed by atoms with van der Waals surface area (Å²) < 4.78 is 10.1. The number of carbonyl (C=O) groups excluding carboxylic acids is 3. The Bertz CT molecular complexity index is 814. The van der Waals surface area contributed by atoms with E-state index in [1.807, 2.05) is 5.38 Å². The maximum absolute atomic E-state index is 12.3. The van der Waals surface area contributed by atoms with Crippen molar-refractivity contribution in [2.24, 2.45) is 0 Å². The molecule has 3 rings (SSSR count). The van der Waals surface area contributed by atoms with Gasteiger partial charge in [0.2, 0.25) is 0 Å². The van der Waals surface area contributed by atoms with Crippen LogP contribution >= 0.6 is 11.3 Å². The molecule has 1 saturated carbocycles. The number of rotatable bonds is 7. The smallest absolute Gasteiger partial charge is 0.357 e. The zero-order valence-corrected chi connectivity index (χ0v) is 15.0. The van der Waals surface area contributed by atoms with Crippen LogP contribution in [0.1, 0.15) is 52.1 Å². The molecule has 1 N–H and O–H groups in total. The molecule has 0 aliphatic heterocycles. The van der Waals surface area contributed by atoms with E-state index < -0.39 is 24.5 Å². The first-order chi connectivity index (χ1) is 12.6. The van der Waals surface area contributed by atoms with Crippen LogP contribution in [0.3, 0.4) is 0 Å². The molecule has 0 unspecified atom stereocenters. The SMILES string of the molecule is CCOC(=O)c1c(C2CC2)csc1NC(=O)COC(=O)c1ccccn1. The highest BCUT2D eigenvalue weighted by atomic mass is 32.1. The molecule has 0 aromatic carbocycles. The standard InChI is InChI=1S/C18H18N2O5S/c1-2-24-18(23)15-12(11-6-7-11)10-26-16(15)20-14(21)9-25-17(22)13-5-3-4-8-19-13/h3-5,8,10-11H,2,6-7,9H2,1H3,(H,20,21). The minimum Gasteiger partial charge on any atom is -0.462 e. The number of carbonyl (C=O) groups is 3. The average molecular weight is 374 g/mol. The second-order valence-corrected chi connectivity index (χ2v) is 6.61. The largest absolute Gasteiger partial charge is 0.462 e. The van der Waals surface area contributed by atoms with Crippen molar-refractivity contribution in [1.29, 1.82) is 0 Å². The molecule has 1 fully saturated rings. The van der Waals surface area contributed by atoms with Crippen molar-refractivity contribution in [3.63, 3.8) is 0 Å². The van der Waals surface area contributed by atoms with E-state index in [9.17, 15) is 14.4 Å². The molecule has 1 aliphatic carbocycles. The third-order valence-electron chi connectivity index (χ3n) is 3.78. The highest BCUT2D eigenvalue weighted by Gasteiger charge is 2.32. The van der Waals surface area contributed by atoms with E-state index in [2.05, 4.69) is 10.3 Å². The van der Waals surface area contributed by atoms with Gasteiger partial charge in [0.15, 0.2) is 6.61 Å². The van der Waals surface area contributed by atoms with Crippen molar-refractivity contribution < 1.29 is 23.9 Å². The first-order valence-corrected chi connectivity index (χ1v) is 9.14. The number of hydrogen-bond donors (Lipinski definition) is 1. The Morgan fingerprint density at radius 3 is 2.69 bits per heavy atom. The number of amides is 1. The maximum Gasteiger partial charge on any atom is 0.357 e. The molecule has 8 heteroatoms. The molecule has 0 spiro atoms. The van der Waals surface area contributed by atoms with Gasteiger partial charge in [-0.3, -0.25) is 4.79 Å². The van der Waals surface area contributed by atoms with E-state index in [-0.39, 0.29) is 12.3 Å². The highest BCUT2D eigenvalue weighted by Crippen LogP contribution is 2.46. The zero-order chi connectivity index (χ0) is 18.5. The Balaban J connectivity index is 1.64. The molecule has 2 aromatic rings. The van der Waals surface area contributed by atoms with Gasteiger partial charge in [0.25, 0.3) is 5.91 Å². The van der Waals surface area contributed by atoms with Gasteiger partial charge in [-0.1, -0.05) is 6.07 Å². The van der Waals surface area contributed by atoms with Crippen molar-refractivity contribution in [3.8, 4) is 0 Å². The number of esters is 2. The van der Waals surface area contributed by atoms with Crippen molar-refractivity contribution in [3.05, 3.63) is 46.6 Å². The van der Waals surface area contributed by atoms with Crippen LogP contribution in [0.5, 0.6) is 0 Å². The molecule has 0 saturated heterocycles. The summed E-state index contributed by atoms with van der Waals surface area (Å²) in [7, 11) is 0. The van der Waals surface area contributed by atoms with Gasteiger partial charge in [0.1, 0.15) is 10.7 Å². The number of anilines is 1. The van der Waals surface area contributed by atoms with Crippen LogP contribution in [0.4, 0.5) is 5.00 Å². The molecule has 1 aliphatic rings. The number of nitrogens with one attached hydrogen (secondary N) is 1. The Labute approximate surface area is 154 Å². The van der Waals surface area contributed by atoms with Gasteiger partial charge in [0, 0.05) is 6.20 Å². The van der Waals surface area contributed by atoms with Gasteiger partial charge in [-0.05, 0) is 48.8 Å². The normalized spacial score (nSPS) is 13.1. The number of aromatic nitrogens is 1. The van der Waals surface area contributed by atoms with E-state index in [4.69, 9.17) is 9.47 Å². The van der Waals surface area contributed by atoms with Gasteiger partial charge >= 0.3 is 11.9 Å². The molecule has 0 bridgehead atoms. The number of pyridine rings is 1. The van der Waals surface area contributed by atoms with Crippen LogP contribution in [-0.2, 0) is 14.3 Å². The molecule has 0 atom stereocenters. The summed E-state index contributed by atoms with van der Waals surface area (Å²) in [6.07, 6.45) is 3.52. The topological polar surface area (TPSA) is 94.6 Å². The van der Waals surface area contributed by atoms with Crippen molar-refractivity contribution in [2.45, 2.75) is 25.7 Å². The van der Waals surface area contributed by atoms with E-state index >= 15 is 0 Å². The minimum atomic E-state index is -0.684. The molecule has 2 heterocycles. The lowest BCUT2D eigenvalue weighted by atomic mass is 10.1. The fourth-order valence-corrected chi connectivity index (χ4v) is 3.47. The molecule has 136 valence electrons. The predicted molar refractivity (Wildman–Crippen MR) is 95.4 cm³/mol. The molecular formula is C18H18N2O5S. The quantitative estimate of drug-likeness (QED) is 0.749. The maximum atomic E-state index is 12.3. The molecule has 1 amide bonds. The molecule has 26 heavy (non-hydrogen) atoms. The Hall–Kier alpha value is -2.74. The van der Waals surface area contributed by atoms with Crippen LogP contribution in [0, 0.1) is 0 Å². The monoisotopic (exact) mass is 374 g/mol. The van der Waals surface area contributed by atoms with Crippen molar-refractivity contribution >= 4 is 34.2 Å². The zero-order valence-electron chi connectivity index (χ0n) is 14.2. The summed E-state index contributed by atoms with van der Waals surface area (Å²) in [6.45, 7) is 1.53. The molecular weight excluding hydrogens is 356 g/mol. The van der Waals surface area contributed by atoms with Gasteiger partial charge in [0.05, 0.1) is 12.2 Å². The lowest BCUT2D eigenvalue weighted by Gasteiger charge is -2.08. The van der Waals surface area contributed by atoms with E-state index in [1.165, 1.54) is 23.6 Å². The third kappa shape index (κ3) is 4.26. The highest BCUT2D eigenvalue weighted by molar-refractivity contribution is 7.15. The first kappa shape index (κ1) is 18.1. The number of thiophene rings is 1. The Kier molecular flexibility index (Phi) is 5.62. The summed E-state index contributed by atoms with van der Waals surface area (Å²) in [4.78, 5) is 40.1. The summed E-state index contributed by atoms with van der Waals surface area (Å²) in [5.41, 5.74) is 1.44. The lowest BCUT2D eigenvalue weighted by molar-refractivity contribution is -0.119. The van der Waals surface area contributed by atoms with Gasteiger partial charge in [-0.2, -0.15) is 0 Å². The van der Waals surface area contributed by atoms with Crippen LogP contribution in [0.15, 0.2) is 29.8 Å².